The van der Waals surface area contributed by atoms with Gasteiger partial charge in [0.25, 0.3) is 0 Å². The zero-order valence-corrected chi connectivity index (χ0v) is 13.3. The summed E-state index contributed by atoms with van der Waals surface area (Å²) in [6.07, 6.45) is 0.568. The Balaban J connectivity index is 1.67. The van der Waals surface area contributed by atoms with Crippen LogP contribution in [0.2, 0.25) is 0 Å². The minimum absolute atomic E-state index is 0.0589. The van der Waals surface area contributed by atoms with Gasteiger partial charge in [0.2, 0.25) is 11.8 Å². The summed E-state index contributed by atoms with van der Waals surface area (Å²) in [5.41, 5.74) is 0.866. The van der Waals surface area contributed by atoms with Crippen molar-refractivity contribution in [2.45, 2.75) is 25.4 Å². The number of aromatic carboxylic acids is 1. The zero-order valence-electron chi connectivity index (χ0n) is 13.3. The monoisotopic (exact) mass is 332 g/mol. The molecule has 2 aliphatic heterocycles. The summed E-state index contributed by atoms with van der Waals surface area (Å²) in [7, 11) is 0. The van der Waals surface area contributed by atoms with Crippen molar-refractivity contribution in [1.82, 2.24) is 9.80 Å². The van der Waals surface area contributed by atoms with E-state index in [2.05, 4.69) is 0 Å². The summed E-state index contributed by atoms with van der Waals surface area (Å²) < 4.78 is 5.42. The number of aryl methyl sites for hydroxylation is 1. The quantitative estimate of drug-likeness (QED) is 0.878. The molecule has 7 heteroatoms. The molecule has 3 rings (SSSR count). The Morgan fingerprint density at radius 1 is 1.25 bits per heavy atom. The van der Waals surface area contributed by atoms with Gasteiger partial charge in [0, 0.05) is 25.9 Å². The topological polar surface area (TPSA) is 87.2 Å². The average molecular weight is 332 g/mol. The average Bonchev–Trinajstić information content (AvgIpc) is 2.60. The van der Waals surface area contributed by atoms with E-state index in [4.69, 9.17) is 4.74 Å². The van der Waals surface area contributed by atoms with Gasteiger partial charge in [-0.25, -0.2) is 4.79 Å². The maximum Gasteiger partial charge on any atom is 0.335 e. The summed E-state index contributed by atoms with van der Waals surface area (Å²) in [5, 5.41) is 9.21. The number of hydrogen-bond acceptors (Lipinski definition) is 4. The van der Waals surface area contributed by atoms with Gasteiger partial charge in [0.05, 0.1) is 18.8 Å². The molecule has 0 aromatic heterocycles. The van der Waals surface area contributed by atoms with E-state index in [1.807, 2.05) is 0 Å². The van der Waals surface area contributed by atoms with E-state index in [9.17, 15) is 19.5 Å². The highest BCUT2D eigenvalue weighted by Crippen LogP contribution is 2.21. The standard InChI is InChI=1S/C17H20N2O5/c20-15(6-5-12-3-1-2-4-13(12)17(22)23)18-8-7-16(21)19-9-10-24-11-14(18)19/h1-4,14H,5-11H2,(H,22,23). The van der Waals surface area contributed by atoms with Gasteiger partial charge in [-0.1, -0.05) is 18.2 Å². The van der Waals surface area contributed by atoms with Gasteiger partial charge in [-0.15, -0.1) is 0 Å². The van der Waals surface area contributed by atoms with Gasteiger partial charge < -0.3 is 19.6 Å². The number of fused-ring (bicyclic) bond motifs is 1. The molecule has 0 radical (unpaired) electrons. The van der Waals surface area contributed by atoms with Crippen LogP contribution in [-0.2, 0) is 20.7 Å². The highest BCUT2D eigenvalue weighted by molar-refractivity contribution is 5.89. The Hall–Kier alpha value is -2.41. The predicted octanol–water partition coefficient (Wildman–Crippen LogP) is 0.735. The molecule has 2 fully saturated rings. The van der Waals surface area contributed by atoms with Crippen LogP contribution in [-0.4, -0.2) is 65.2 Å². The molecule has 2 amide bonds. The van der Waals surface area contributed by atoms with Crippen LogP contribution in [0.1, 0.15) is 28.8 Å². The third-order valence-corrected chi connectivity index (χ3v) is 4.53. The molecule has 1 N–H and O–H groups in total. The van der Waals surface area contributed by atoms with Crippen LogP contribution >= 0.6 is 0 Å². The molecule has 1 aromatic rings. The van der Waals surface area contributed by atoms with Gasteiger partial charge >= 0.3 is 5.97 Å². The van der Waals surface area contributed by atoms with Gasteiger partial charge in [0.15, 0.2) is 0 Å². The molecule has 1 unspecified atom stereocenters. The van der Waals surface area contributed by atoms with E-state index < -0.39 is 5.97 Å². The molecular formula is C17H20N2O5. The van der Waals surface area contributed by atoms with Crippen molar-refractivity contribution >= 4 is 17.8 Å². The number of amides is 2. The molecule has 1 aromatic carbocycles. The first-order valence-electron chi connectivity index (χ1n) is 8.06. The number of hydrogen-bond donors (Lipinski definition) is 1. The fourth-order valence-corrected chi connectivity index (χ4v) is 3.27. The van der Waals surface area contributed by atoms with Crippen molar-refractivity contribution in [3.8, 4) is 0 Å². The van der Waals surface area contributed by atoms with Crippen LogP contribution in [0.5, 0.6) is 0 Å². The second-order valence-electron chi connectivity index (χ2n) is 5.94. The normalized spacial score (nSPS) is 20.7. The third kappa shape index (κ3) is 3.26. The Bertz CT molecular complexity index is 660. The van der Waals surface area contributed by atoms with Crippen molar-refractivity contribution < 1.29 is 24.2 Å². The number of ether oxygens (including phenoxy) is 1. The molecule has 0 aliphatic carbocycles. The van der Waals surface area contributed by atoms with Crippen molar-refractivity contribution in [1.29, 1.82) is 0 Å². The number of nitrogens with zero attached hydrogens (tertiary/aromatic N) is 2. The Kier molecular flexibility index (Phi) is 4.80. The molecule has 1 atom stereocenters. The van der Waals surface area contributed by atoms with Crippen LogP contribution in [0.4, 0.5) is 0 Å². The van der Waals surface area contributed by atoms with Crippen molar-refractivity contribution in [3.05, 3.63) is 35.4 Å². The molecule has 2 heterocycles. The third-order valence-electron chi connectivity index (χ3n) is 4.53. The molecule has 0 saturated carbocycles. The fraction of sp³-hybridized carbons (Fsp3) is 0.471. The lowest BCUT2D eigenvalue weighted by Gasteiger charge is -2.45. The minimum Gasteiger partial charge on any atom is -0.478 e. The van der Waals surface area contributed by atoms with Crippen LogP contribution in [0.15, 0.2) is 24.3 Å². The number of rotatable bonds is 4. The molecular weight excluding hydrogens is 312 g/mol. The van der Waals surface area contributed by atoms with Crippen molar-refractivity contribution in [2.75, 3.05) is 26.3 Å². The van der Waals surface area contributed by atoms with Gasteiger partial charge in [-0.05, 0) is 18.1 Å². The predicted molar refractivity (Wildman–Crippen MR) is 84.4 cm³/mol. The summed E-state index contributed by atoms with van der Waals surface area (Å²) in [5.74, 6) is -1.01. The first kappa shape index (κ1) is 16.4. The molecule has 24 heavy (non-hydrogen) atoms. The highest BCUT2D eigenvalue weighted by atomic mass is 16.5. The van der Waals surface area contributed by atoms with Gasteiger partial charge in [0.1, 0.15) is 6.17 Å². The lowest BCUT2D eigenvalue weighted by atomic mass is 10.0. The summed E-state index contributed by atoms with van der Waals surface area (Å²) in [6.45, 7) is 1.73. The molecule has 0 spiro atoms. The minimum atomic E-state index is -0.992. The van der Waals surface area contributed by atoms with Crippen LogP contribution in [0, 0.1) is 0 Å². The number of morpholine rings is 1. The second kappa shape index (κ2) is 7.00. The molecule has 0 bridgehead atoms. The van der Waals surface area contributed by atoms with Gasteiger partial charge in [-0.3, -0.25) is 9.59 Å². The lowest BCUT2D eigenvalue weighted by molar-refractivity contribution is -0.166. The van der Waals surface area contributed by atoms with Crippen LogP contribution in [0.3, 0.4) is 0 Å². The summed E-state index contributed by atoms with van der Waals surface area (Å²) >= 11 is 0. The largest absolute Gasteiger partial charge is 0.478 e. The van der Waals surface area contributed by atoms with E-state index in [1.165, 1.54) is 0 Å². The van der Waals surface area contributed by atoms with E-state index in [0.29, 0.717) is 44.7 Å². The second-order valence-corrected chi connectivity index (χ2v) is 5.94. The SMILES string of the molecule is O=C(O)c1ccccc1CCC(=O)N1CCC(=O)N2CCOCC21. The van der Waals surface area contributed by atoms with E-state index >= 15 is 0 Å². The molecule has 2 aliphatic rings. The first-order valence-corrected chi connectivity index (χ1v) is 8.06. The maximum absolute atomic E-state index is 12.6. The fourth-order valence-electron chi connectivity index (χ4n) is 3.27. The Morgan fingerprint density at radius 2 is 2.04 bits per heavy atom. The van der Waals surface area contributed by atoms with Crippen molar-refractivity contribution in [2.24, 2.45) is 0 Å². The molecule has 128 valence electrons. The first-order chi connectivity index (χ1) is 11.6. The maximum atomic E-state index is 12.6. The number of carboxylic acid groups (broad SMARTS) is 1. The Morgan fingerprint density at radius 3 is 2.83 bits per heavy atom. The number of carbonyl (C=O) groups excluding carboxylic acids is 2. The lowest BCUT2D eigenvalue weighted by Crippen LogP contribution is -2.62. The smallest absolute Gasteiger partial charge is 0.335 e. The van der Waals surface area contributed by atoms with Crippen LogP contribution in [0.25, 0.3) is 0 Å². The number of carboxylic acids is 1. The zero-order chi connectivity index (χ0) is 17.1. The number of carbonyl (C=O) groups is 3. The Labute approximate surface area is 139 Å². The van der Waals surface area contributed by atoms with E-state index in [-0.39, 0.29) is 30.0 Å². The van der Waals surface area contributed by atoms with Crippen LogP contribution < -0.4 is 0 Å². The molecule has 2 saturated heterocycles. The van der Waals surface area contributed by atoms with E-state index in [1.54, 1.807) is 34.1 Å². The summed E-state index contributed by atoms with van der Waals surface area (Å²) in [4.78, 5) is 39.2. The van der Waals surface area contributed by atoms with Crippen molar-refractivity contribution in [3.63, 3.8) is 0 Å². The van der Waals surface area contributed by atoms with E-state index in [0.717, 1.165) is 0 Å². The van der Waals surface area contributed by atoms with Gasteiger partial charge in [-0.2, -0.15) is 0 Å². The molecule has 7 nitrogen and oxygen atoms in total. The number of benzene rings is 1. The summed E-state index contributed by atoms with van der Waals surface area (Å²) in [6, 6.07) is 6.70. The highest BCUT2D eigenvalue weighted by Gasteiger charge is 2.38.